The summed E-state index contributed by atoms with van der Waals surface area (Å²) < 4.78 is 2.56. The van der Waals surface area contributed by atoms with Crippen LogP contribution in [0.5, 0.6) is 0 Å². The van der Waals surface area contributed by atoms with Gasteiger partial charge in [-0.05, 0) is 37.3 Å². The highest BCUT2D eigenvalue weighted by Gasteiger charge is 2.11. The van der Waals surface area contributed by atoms with Gasteiger partial charge in [0.1, 0.15) is 0 Å². The maximum Gasteiger partial charge on any atom is 0.308 e. The standard InChI is InChI=1S/C16H13ClN2O2S/c1-2-19-13-8-7-10(9-14(13)22-16(19)21)18-15(20)11-5-3-4-6-12(11)17/h3-9H,2H2,1H3,(H,18,20). The number of benzene rings is 2. The van der Waals surface area contributed by atoms with E-state index in [1.807, 2.05) is 19.1 Å². The first-order valence-electron chi connectivity index (χ1n) is 6.79. The molecule has 3 rings (SSSR count). The summed E-state index contributed by atoms with van der Waals surface area (Å²) in [6.07, 6.45) is 0. The van der Waals surface area contributed by atoms with Crippen LogP contribution in [0.2, 0.25) is 5.02 Å². The lowest BCUT2D eigenvalue weighted by atomic mass is 10.2. The molecule has 1 amide bonds. The molecule has 0 bridgehead atoms. The lowest BCUT2D eigenvalue weighted by Gasteiger charge is -2.07. The first kappa shape index (κ1) is 14.8. The summed E-state index contributed by atoms with van der Waals surface area (Å²) in [6.45, 7) is 2.56. The summed E-state index contributed by atoms with van der Waals surface area (Å²) in [5, 5.41) is 3.22. The maximum atomic E-state index is 12.2. The summed E-state index contributed by atoms with van der Waals surface area (Å²) in [4.78, 5) is 24.1. The molecule has 4 nitrogen and oxygen atoms in total. The van der Waals surface area contributed by atoms with Crippen LogP contribution in [0.15, 0.2) is 47.3 Å². The summed E-state index contributed by atoms with van der Waals surface area (Å²) >= 11 is 7.19. The number of halogens is 1. The molecule has 0 fully saturated rings. The Bertz CT molecular complexity index is 914. The van der Waals surface area contributed by atoms with Crippen molar-refractivity contribution in [2.45, 2.75) is 13.5 Å². The molecule has 0 spiro atoms. The molecular weight excluding hydrogens is 320 g/mol. The number of carbonyl (C=O) groups is 1. The molecule has 0 aliphatic carbocycles. The van der Waals surface area contributed by atoms with Gasteiger partial charge in [-0.2, -0.15) is 0 Å². The summed E-state index contributed by atoms with van der Waals surface area (Å²) in [7, 11) is 0. The number of thiazole rings is 1. The van der Waals surface area contributed by atoms with Crippen LogP contribution in [0.3, 0.4) is 0 Å². The molecular formula is C16H13ClN2O2S. The SMILES string of the molecule is CCn1c(=O)sc2cc(NC(=O)c3ccccc3Cl)ccc21. The maximum absolute atomic E-state index is 12.2. The van der Waals surface area contributed by atoms with Gasteiger partial charge in [0, 0.05) is 12.2 Å². The number of anilines is 1. The molecule has 112 valence electrons. The highest BCUT2D eigenvalue weighted by Crippen LogP contribution is 2.23. The molecule has 0 atom stereocenters. The number of nitrogens with one attached hydrogen (secondary N) is 1. The molecule has 1 aromatic heterocycles. The number of rotatable bonds is 3. The van der Waals surface area contributed by atoms with E-state index in [2.05, 4.69) is 5.32 Å². The molecule has 22 heavy (non-hydrogen) atoms. The lowest BCUT2D eigenvalue weighted by Crippen LogP contribution is -2.12. The predicted octanol–water partition coefficient (Wildman–Crippen LogP) is 3.99. The minimum Gasteiger partial charge on any atom is -0.322 e. The van der Waals surface area contributed by atoms with Crippen molar-refractivity contribution in [3.8, 4) is 0 Å². The van der Waals surface area contributed by atoms with Crippen LogP contribution in [0.4, 0.5) is 5.69 Å². The van der Waals surface area contributed by atoms with Crippen LogP contribution in [-0.4, -0.2) is 10.5 Å². The van der Waals surface area contributed by atoms with Gasteiger partial charge in [0.05, 0.1) is 20.8 Å². The van der Waals surface area contributed by atoms with Crippen LogP contribution >= 0.6 is 22.9 Å². The number of carbonyl (C=O) groups excluding carboxylic acids is 1. The third kappa shape index (κ3) is 2.65. The average molecular weight is 333 g/mol. The third-order valence-corrected chi connectivity index (χ3v) is 4.63. The van der Waals surface area contributed by atoms with Crippen molar-refractivity contribution in [1.29, 1.82) is 0 Å². The number of aromatic nitrogens is 1. The molecule has 0 saturated heterocycles. The van der Waals surface area contributed by atoms with Crippen molar-refractivity contribution < 1.29 is 4.79 Å². The molecule has 2 aromatic carbocycles. The zero-order chi connectivity index (χ0) is 15.7. The van der Waals surface area contributed by atoms with Crippen molar-refractivity contribution in [3.63, 3.8) is 0 Å². The van der Waals surface area contributed by atoms with Gasteiger partial charge < -0.3 is 5.32 Å². The van der Waals surface area contributed by atoms with E-state index in [1.54, 1.807) is 34.9 Å². The Labute approximate surface area is 136 Å². The van der Waals surface area contributed by atoms with E-state index in [0.717, 1.165) is 10.2 Å². The fourth-order valence-corrected chi connectivity index (χ4v) is 3.50. The molecule has 0 unspecified atom stereocenters. The van der Waals surface area contributed by atoms with Gasteiger partial charge in [-0.25, -0.2) is 0 Å². The van der Waals surface area contributed by atoms with E-state index in [0.29, 0.717) is 22.8 Å². The highest BCUT2D eigenvalue weighted by molar-refractivity contribution is 7.16. The van der Waals surface area contributed by atoms with Crippen molar-refractivity contribution >= 4 is 44.7 Å². The van der Waals surface area contributed by atoms with E-state index < -0.39 is 0 Å². The van der Waals surface area contributed by atoms with E-state index in [4.69, 9.17) is 11.6 Å². The van der Waals surface area contributed by atoms with Gasteiger partial charge >= 0.3 is 4.87 Å². The van der Waals surface area contributed by atoms with Crippen LogP contribution < -0.4 is 10.2 Å². The third-order valence-electron chi connectivity index (χ3n) is 3.36. The number of hydrogen-bond donors (Lipinski definition) is 1. The Hall–Kier alpha value is -2.11. The van der Waals surface area contributed by atoms with Crippen LogP contribution in [0, 0.1) is 0 Å². The van der Waals surface area contributed by atoms with Crippen LogP contribution in [0.1, 0.15) is 17.3 Å². The van der Waals surface area contributed by atoms with Crippen LogP contribution in [-0.2, 0) is 6.54 Å². The van der Waals surface area contributed by atoms with Gasteiger partial charge in [0.2, 0.25) is 0 Å². The largest absolute Gasteiger partial charge is 0.322 e. The van der Waals surface area contributed by atoms with Gasteiger partial charge in [0.25, 0.3) is 5.91 Å². The Balaban J connectivity index is 1.93. The predicted molar refractivity (Wildman–Crippen MR) is 91.2 cm³/mol. The van der Waals surface area contributed by atoms with E-state index >= 15 is 0 Å². The highest BCUT2D eigenvalue weighted by atomic mass is 35.5. The lowest BCUT2D eigenvalue weighted by molar-refractivity contribution is 0.102. The molecule has 1 N–H and O–H groups in total. The number of aryl methyl sites for hydroxylation is 1. The second kappa shape index (κ2) is 5.94. The minimum atomic E-state index is -0.271. The minimum absolute atomic E-state index is 0.00656. The van der Waals surface area contributed by atoms with E-state index in [1.165, 1.54) is 11.3 Å². The van der Waals surface area contributed by atoms with Crippen molar-refractivity contribution in [2.75, 3.05) is 5.32 Å². The molecule has 1 heterocycles. The van der Waals surface area contributed by atoms with Crippen molar-refractivity contribution in [1.82, 2.24) is 4.57 Å². The van der Waals surface area contributed by atoms with Crippen molar-refractivity contribution in [2.24, 2.45) is 0 Å². The second-order valence-corrected chi connectivity index (χ2v) is 6.13. The van der Waals surface area contributed by atoms with Crippen LogP contribution in [0.25, 0.3) is 10.2 Å². The molecule has 0 radical (unpaired) electrons. The Morgan fingerprint density at radius 3 is 2.77 bits per heavy atom. The Morgan fingerprint density at radius 2 is 2.05 bits per heavy atom. The fraction of sp³-hybridized carbons (Fsp3) is 0.125. The number of amides is 1. The van der Waals surface area contributed by atoms with Crippen molar-refractivity contribution in [3.05, 3.63) is 62.7 Å². The Kier molecular flexibility index (Phi) is 4.00. The molecule has 3 aromatic rings. The summed E-state index contributed by atoms with van der Waals surface area (Å²) in [6, 6.07) is 12.3. The average Bonchev–Trinajstić information content (AvgIpc) is 2.81. The molecule has 6 heteroatoms. The quantitative estimate of drug-likeness (QED) is 0.788. The summed E-state index contributed by atoms with van der Waals surface area (Å²) in [5.41, 5.74) is 1.94. The van der Waals surface area contributed by atoms with Gasteiger partial charge in [-0.1, -0.05) is 35.1 Å². The first-order valence-corrected chi connectivity index (χ1v) is 7.99. The molecule has 0 saturated carbocycles. The number of fused-ring (bicyclic) bond motifs is 1. The van der Waals surface area contributed by atoms with E-state index in [-0.39, 0.29) is 10.8 Å². The number of hydrogen-bond acceptors (Lipinski definition) is 3. The molecule has 0 aliphatic heterocycles. The van der Waals surface area contributed by atoms with Gasteiger partial charge in [-0.15, -0.1) is 0 Å². The zero-order valence-corrected chi connectivity index (χ0v) is 13.4. The number of nitrogens with zero attached hydrogens (tertiary/aromatic N) is 1. The van der Waals surface area contributed by atoms with Gasteiger partial charge in [0.15, 0.2) is 0 Å². The normalized spacial score (nSPS) is 10.8. The Morgan fingerprint density at radius 1 is 1.27 bits per heavy atom. The smallest absolute Gasteiger partial charge is 0.308 e. The van der Waals surface area contributed by atoms with Gasteiger partial charge in [-0.3, -0.25) is 14.2 Å². The first-order chi connectivity index (χ1) is 10.6. The van der Waals surface area contributed by atoms with E-state index in [9.17, 15) is 9.59 Å². The zero-order valence-electron chi connectivity index (χ0n) is 11.8. The summed E-state index contributed by atoms with van der Waals surface area (Å²) in [5.74, 6) is -0.271. The topological polar surface area (TPSA) is 51.1 Å². The molecule has 0 aliphatic rings. The monoisotopic (exact) mass is 332 g/mol. The second-order valence-electron chi connectivity index (χ2n) is 4.73. The fourth-order valence-electron chi connectivity index (χ4n) is 2.29.